The Bertz CT molecular complexity index is 443. The molecule has 1 aliphatic heterocycles. The summed E-state index contributed by atoms with van der Waals surface area (Å²) < 4.78 is 7.28. The lowest BCUT2D eigenvalue weighted by Crippen LogP contribution is -2.29. The first-order valence-electron chi connectivity index (χ1n) is 8.29. The molecule has 0 spiro atoms. The van der Waals surface area contributed by atoms with Gasteiger partial charge < -0.3 is 15.4 Å². The number of rotatable bonds is 9. The van der Waals surface area contributed by atoms with Crippen LogP contribution in [0.2, 0.25) is 0 Å². The fourth-order valence-corrected chi connectivity index (χ4v) is 2.45. The fourth-order valence-electron chi connectivity index (χ4n) is 2.45. The van der Waals surface area contributed by atoms with Crippen LogP contribution in [0.15, 0.2) is 6.20 Å². The van der Waals surface area contributed by atoms with Gasteiger partial charge in [-0.2, -0.15) is 0 Å². The molecule has 0 aromatic carbocycles. The lowest BCUT2D eigenvalue weighted by Gasteiger charge is -2.22. The van der Waals surface area contributed by atoms with Crippen molar-refractivity contribution in [2.45, 2.75) is 45.1 Å². The Hall–Kier alpha value is -1.47. The van der Waals surface area contributed by atoms with Gasteiger partial charge in [0.15, 0.2) is 5.69 Å². The molecule has 0 unspecified atom stereocenters. The van der Waals surface area contributed by atoms with Gasteiger partial charge >= 0.3 is 0 Å². The number of carbonyl (C=O) groups excluding carboxylic acids is 1. The number of ether oxygens (including phenoxy) is 1. The summed E-state index contributed by atoms with van der Waals surface area (Å²) in [6, 6.07) is 0.349. The van der Waals surface area contributed by atoms with E-state index in [1.54, 1.807) is 6.20 Å². The second kappa shape index (κ2) is 9.53. The molecule has 1 aromatic rings. The van der Waals surface area contributed by atoms with E-state index in [-0.39, 0.29) is 5.91 Å². The van der Waals surface area contributed by atoms with Crippen LogP contribution in [0, 0.1) is 0 Å². The Morgan fingerprint density at radius 3 is 2.95 bits per heavy atom. The monoisotopic (exact) mass is 309 g/mol. The number of unbranched alkanes of at least 4 members (excludes halogenated alkanes) is 1. The minimum Gasteiger partial charge on any atom is -0.381 e. The average molecular weight is 309 g/mol. The predicted molar refractivity (Wildman–Crippen MR) is 83.8 cm³/mol. The molecule has 0 aliphatic carbocycles. The van der Waals surface area contributed by atoms with E-state index in [9.17, 15) is 4.79 Å². The molecule has 1 amide bonds. The third kappa shape index (κ3) is 5.38. The van der Waals surface area contributed by atoms with Crippen molar-refractivity contribution >= 4 is 5.91 Å². The third-order valence-electron chi connectivity index (χ3n) is 3.82. The van der Waals surface area contributed by atoms with Crippen molar-refractivity contribution in [1.82, 2.24) is 25.6 Å². The van der Waals surface area contributed by atoms with Gasteiger partial charge in [0.2, 0.25) is 0 Å². The van der Waals surface area contributed by atoms with E-state index in [1.807, 2.05) is 4.68 Å². The van der Waals surface area contributed by atoms with Crippen molar-refractivity contribution in [2.75, 3.05) is 32.8 Å². The van der Waals surface area contributed by atoms with Gasteiger partial charge in [0.25, 0.3) is 5.91 Å². The van der Waals surface area contributed by atoms with Crippen LogP contribution < -0.4 is 10.6 Å². The summed E-state index contributed by atoms with van der Waals surface area (Å²) in [6.07, 6.45) is 6.86. The van der Waals surface area contributed by atoms with Crippen molar-refractivity contribution in [2.24, 2.45) is 0 Å². The minimum atomic E-state index is -0.159. The van der Waals surface area contributed by atoms with Crippen LogP contribution in [0.3, 0.4) is 0 Å². The van der Waals surface area contributed by atoms with Crippen molar-refractivity contribution in [3.8, 4) is 0 Å². The number of amides is 1. The van der Waals surface area contributed by atoms with E-state index in [4.69, 9.17) is 4.74 Å². The zero-order valence-electron chi connectivity index (χ0n) is 13.4. The van der Waals surface area contributed by atoms with Gasteiger partial charge in [0, 0.05) is 19.8 Å². The Morgan fingerprint density at radius 1 is 1.41 bits per heavy atom. The SMILES string of the molecule is CCCCOCCCNC(=O)c1cn(C2CCNCC2)nn1. The number of hydrogen-bond donors (Lipinski definition) is 2. The number of aromatic nitrogens is 3. The maximum Gasteiger partial charge on any atom is 0.273 e. The molecule has 2 heterocycles. The normalized spacial score (nSPS) is 15.9. The zero-order chi connectivity index (χ0) is 15.6. The van der Waals surface area contributed by atoms with Crippen LogP contribution in [-0.2, 0) is 4.74 Å². The quantitative estimate of drug-likeness (QED) is 0.669. The number of nitrogens with zero attached hydrogens (tertiary/aromatic N) is 3. The van der Waals surface area contributed by atoms with Gasteiger partial charge in [-0.15, -0.1) is 5.10 Å². The number of piperidine rings is 1. The van der Waals surface area contributed by atoms with Crippen molar-refractivity contribution in [1.29, 1.82) is 0 Å². The lowest BCUT2D eigenvalue weighted by molar-refractivity contribution is 0.0935. The molecular formula is C15H27N5O2. The molecule has 0 saturated carbocycles. The molecule has 7 nitrogen and oxygen atoms in total. The Labute approximate surface area is 131 Å². The van der Waals surface area contributed by atoms with Gasteiger partial charge in [-0.1, -0.05) is 18.6 Å². The van der Waals surface area contributed by atoms with Gasteiger partial charge in [-0.25, -0.2) is 4.68 Å². The molecule has 1 aromatic heterocycles. The molecule has 124 valence electrons. The molecule has 2 rings (SSSR count). The third-order valence-corrected chi connectivity index (χ3v) is 3.82. The maximum absolute atomic E-state index is 12.0. The highest BCUT2D eigenvalue weighted by atomic mass is 16.5. The summed E-state index contributed by atoms with van der Waals surface area (Å²) in [6.45, 7) is 6.21. The molecule has 0 atom stereocenters. The summed E-state index contributed by atoms with van der Waals surface area (Å²) >= 11 is 0. The number of nitrogens with one attached hydrogen (secondary N) is 2. The minimum absolute atomic E-state index is 0.159. The van der Waals surface area contributed by atoms with E-state index in [2.05, 4.69) is 27.9 Å². The molecule has 1 saturated heterocycles. The number of carbonyl (C=O) groups is 1. The van der Waals surface area contributed by atoms with Crippen molar-refractivity contribution in [3.63, 3.8) is 0 Å². The van der Waals surface area contributed by atoms with Gasteiger partial charge in [0.05, 0.1) is 12.2 Å². The molecule has 7 heteroatoms. The van der Waals surface area contributed by atoms with Crippen LogP contribution in [-0.4, -0.2) is 53.7 Å². The smallest absolute Gasteiger partial charge is 0.273 e. The van der Waals surface area contributed by atoms with Crippen LogP contribution in [0.5, 0.6) is 0 Å². The highest BCUT2D eigenvalue weighted by Crippen LogP contribution is 2.16. The largest absolute Gasteiger partial charge is 0.381 e. The molecule has 22 heavy (non-hydrogen) atoms. The Kier molecular flexibility index (Phi) is 7.32. The number of hydrogen-bond acceptors (Lipinski definition) is 5. The van der Waals surface area contributed by atoms with Crippen LogP contribution in [0.4, 0.5) is 0 Å². The first kappa shape index (κ1) is 16.9. The highest BCUT2D eigenvalue weighted by Gasteiger charge is 2.18. The predicted octanol–water partition coefficient (Wildman–Crippen LogP) is 1.14. The van der Waals surface area contributed by atoms with Crippen molar-refractivity contribution < 1.29 is 9.53 Å². The fraction of sp³-hybridized carbons (Fsp3) is 0.800. The summed E-state index contributed by atoms with van der Waals surface area (Å²) in [7, 11) is 0. The first-order valence-corrected chi connectivity index (χ1v) is 8.29. The Balaban J connectivity index is 1.66. The van der Waals surface area contributed by atoms with E-state index >= 15 is 0 Å². The Morgan fingerprint density at radius 2 is 2.18 bits per heavy atom. The molecule has 1 fully saturated rings. The summed E-state index contributed by atoms with van der Waals surface area (Å²) in [5, 5.41) is 14.2. The van der Waals surface area contributed by atoms with Crippen molar-refractivity contribution in [3.05, 3.63) is 11.9 Å². The molecule has 0 bridgehead atoms. The van der Waals surface area contributed by atoms with E-state index in [0.717, 1.165) is 51.8 Å². The van der Waals surface area contributed by atoms with E-state index in [0.29, 0.717) is 24.9 Å². The van der Waals surface area contributed by atoms with Crippen LogP contribution in [0.25, 0.3) is 0 Å². The van der Waals surface area contributed by atoms with Gasteiger partial charge in [-0.3, -0.25) is 4.79 Å². The first-order chi connectivity index (χ1) is 10.8. The lowest BCUT2D eigenvalue weighted by atomic mass is 10.1. The highest BCUT2D eigenvalue weighted by molar-refractivity contribution is 5.91. The average Bonchev–Trinajstić information content (AvgIpc) is 3.05. The zero-order valence-corrected chi connectivity index (χ0v) is 13.4. The molecule has 0 radical (unpaired) electrons. The molecular weight excluding hydrogens is 282 g/mol. The summed E-state index contributed by atoms with van der Waals surface area (Å²) in [5.74, 6) is -0.159. The summed E-state index contributed by atoms with van der Waals surface area (Å²) in [4.78, 5) is 12.0. The second-order valence-corrected chi connectivity index (χ2v) is 5.64. The maximum atomic E-state index is 12.0. The van der Waals surface area contributed by atoms with Crippen LogP contribution >= 0.6 is 0 Å². The van der Waals surface area contributed by atoms with Gasteiger partial charge in [0.1, 0.15) is 0 Å². The van der Waals surface area contributed by atoms with Crippen LogP contribution in [0.1, 0.15) is 55.6 Å². The van der Waals surface area contributed by atoms with Gasteiger partial charge in [-0.05, 0) is 38.8 Å². The topological polar surface area (TPSA) is 81.1 Å². The molecule has 2 N–H and O–H groups in total. The van der Waals surface area contributed by atoms with E-state index in [1.165, 1.54) is 0 Å². The summed E-state index contributed by atoms with van der Waals surface area (Å²) in [5.41, 5.74) is 0.394. The molecule has 1 aliphatic rings. The van der Waals surface area contributed by atoms with E-state index < -0.39 is 0 Å². The second-order valence-electron chi connectivity index (χ2n) is 5.64. The standard InChI is InChI=1S/C15H27N5O2/c1-2-3-10-22-11-4-7-17-15(21)14-12-20(19-18-14)13-5-8-16-9-6-13/h12-13,16H,2-11H2,1H3,(H,17,21).